The molecule has 0 rings (SSSR count). The Balaban J connectivity index is 4.04. The monoisotopic (exact) mass is 480 g/mol. The molecule has 0 fully saturated rings. The molecule has 3 atom stereocenters. The molecular formula is C13H23NO10PS3-3. The number of phosphoric acid groups is 1. The number of nitrogens with zero attached hydrogens (tertiary/aromatic N) is 1. The molecule has 1 unspecified atom stereocenters. The van der Waals surface area contributed by atoms with E-state index in [0.29, 0.717) is 18.6 Å². The van der Waals surface area contributed by atoms with Gasteiger partial charge >= 0.3 is 0 Å². The van der Waals surface area contributed by atoms with E-state index in [4.69, 9.17) is 9.45 Å². The van der Waals surface area contributed by atoms with Gasteiger partial charge < -0.3 is 29.3 Å². The van der Waals surface area contributed by atoms with E-state index in [2.05, 4.69) is 9.52 Å². The third-order valence-electron chi connectivity index (χ3n) is 3.14. The fourth-order valence-corrected chi connectivity index (χ4v) is 5.77. The highest BCUT2D eigenvalue weighted by atomic mass is 33.1. The number of aliphatic carboxylic acids is 1. The fraction of sp³-hybridized carbons (Fsp3) is 0.846. The zero-order valence-corrected chi connectivity index (χ0v) is 18.4. The molecule has 0 spiro atoms. The summed E-state index contributed by atoms with van der Waals surface area (Å²) in [5, 5.41) is 22.7. The highest BCUT2D eigenvalue weighted by Crippen LogP contribution is 2.33. The fourth-order valence-electron chi connectivity index (χ4n) is 1.88. The maximum absolute atomic E-state index is 11.7. The Morgan fingerprint density at radius 2 is 1.75 bits per heavy atom. The third kappa shape index (κ3) is 16.6. The predicted molar refractivity (Wildman–Crippen MR) is 101 cm³/mol. The summed E-state index contributed by atoms with van der Waals surface area (Å²) in [7, 11) is -6.28. The van der Waals surface area contributed by atoms with Crippen molar-refractivity contribution in [3.05, 3.63) is 0 Å². The number of aliphatic imine (C=N–C) groups is 1. The standard InChI is InChI=1S/C13H26NO10PS3/c1-10(24-25(18,19)20)12(13(16)17)14-11(15)6-4-2-3-5-7-26-27-8-9-28(21,22)23/h10,12H,2-9H2,1H3,(H,14,15)(H,16,17)(H2,18,19,20)(H,21,22,23)/p-3/t10-,12+/m1/s1. The first-order chi connectivity index (χ1) is 12.8. The summed E-state index contributed by atoms with van der Waals surface area (Å²) >= 11 is 0. The number of carbonyl (C=O) groups is 1. The lowest BCUT2D eigenvalue weighted by Crippen LogP contribution is -2.43. The van der Waals surface area contributed by atoms with E-state index in [1.165, 1.54) is 21.6 Å². The number of rotatable bonds is 16. The van der Waals surface area contributed by atoms with Gasteiger partial charge in [0.2, 0.25) is 0 Å². The van der Waals surface area contributed by atoms with Gasteiger partial charge in [-0.1, -0.05) is 34.4 Å². The number of carbonyl (C=O) groups excluding carboxylic acids is 1. The van der Waals surface area contributed by atoms with Crippen molar-refractivity contribution in [2.24, 2.45) is 4.99 Å². The van der Waals surface area contributed by atoms with Crippen molar-refractivity contribution in [1.29, 1.82) is 0 Å². The predicted octanol–water partition coefficient (Wildman–Crippen LogP) is -1.05. The first-order valence-corrected chi connectivity index (χ1v) is 13.8. The highest BCUT2D eigenvalue weighted by molar-refractivity contribution is 8.76. The number of phosphoric ester groups is 1. The summed E-state index contributed by atoms with van der Waals surface area (Å²) in [5.41, 5.74) is 0. The molecule has 0 aliphatic carbocycles. The van der Waals surface area contributed by atoms with E-state index in [9.17, 15) is 32.9 Å². The van der Waals surface area contributed by atoms with Crippen LogP contribution in [0.4, 0.5) is 0 Å². The second-order valence-electron chi connectivity index (χ2n) is 5.66. The number of hydrogen-bond donors (Lipinski definition) is 2. The largest absolute Gasteiger partial charge is 0.862 e. The molecule has 0 saturated carbocycles. The molecule has 2 N–H and O–H groups in total. The highest BCUT2D eigenvalue weighted by Gasteiger charge is 2.21. The van der Waals surface area contributed by atoms with E-state index in [-0.39, 0.29) is 12.2 Å². The van der Waals surface area contributed by atoms with Crippen molar-refractivity contribution in [2.75, 3.05) is 17.3 Å². The zero-order valence-electron chi connectivity index (χ0n) is 15.1. The Bertz CT molecular complexity index is 651. The van der Waals surface area contributed by atoms with Gasteiger partial charge in [-0.2, -0.15) is 8.42 Å². The topological polar surface area (TPSA) is 200 Å². The number of carboxylic acid groups (broad SMARTS) is 1. The molecule has 0 aliphatic rings. The van der Waals surface area contributed by atoms with Gasteiger partial charge in [-0.3, -0.25) is 14.1 Å². The van der Waals surface area contributed by atoms with Gasteiger partial charge in [-0.15, -0.1) is 0 Å². The molecular weight excluding hydrogens is 457 g/mol. The maximum atomic E-state index is 11.7. The minimum Gasteiger partial charge on any atom is -0.862 e. The quantitative estimate of drug-likeness (QED) is 0.0679. The molecule has 0 heterocycles. The molecule has 0 radical (unpaired) electrons. The molecule has 28 heavy (non-hydrogen) atoms. The van der Waals surface area contributed by atoms with Crippen LogP contribution in [0, 0.1) is 0 Å². The van der Waals surface area contributed by atoms with Gasteiger partial charge in [0.1, 0.15) is 6.04 Å². The maximum Gasteiger partial charge on any atom is 0.265 e. The van der Waals surface area contributed by atoms with Crippen LogP contribution in [-0.2, 0) is 24.0 Å². The summed E-state index contributed by atoms with van der Waals surface area (Å²) in [6.45, 7) is 1.03. The van der Waals surface area contributed by atoms with Gasteiger partial charge in [-0.05, 0) is 32.1 Å². The van der Waals surface area contributed by atoms with Crippen molar-refractivity contribution in [1.82, 2.24) is 0 Å². The Hall–Kier alpha value is -0.340. The van der Waals surface area contributed by atoms with E-state index in [0.717, 1.165) is 25.5 Å². The zero-order chi connectivity index (χ0) is 21.8. The van der Waals surface area contributed by atoms with Crippen LogP contribution in [0.2, 0.25) is 0 Å². The van der Waals surface area contributed by atoms with Gasteiger partial charge in [0.05, 0.1) is 17.8 Å². The van der Waals surface area contributed by atoms with Crippen molar-refractivity contribution < 1.29 is 46.9 Å². The molecule has 0 saturated heterocycles. The smallest absolute Gasteiger partial charge is 0.265 e. The summed E-state index contributed by atoms with van der Waals surface area (Å²) in [4.78, 5) is 33.6. The average Bonchev–Trinajstić information content (AvgIpc) is 2.51. The van der Waals surface area contributed by atoms with Crippen LogP contribution < -0.4 is 15.1 Å². The van der Waals surface area contributed by atoms with Crippen LogP contribution >= 0.6 is 29.4 Å². The van der Waals surface area contributed by atoms with E-state index in [1.54, 1.807) is 0 Å². The number of hydrogen-bond acceptors (Lipinski definition) is 11. The van der Waals surface area contributed by atoms with Crippen LogP contribution in [0.25, 0.3) is 0 Å². The molecule has 0 aromatic carbocycles. The molecule has 0 aromatic rings. The SMILES string of the molecule is C[C@@H](OP(=O)([O-])O)[C@H](N=C([O-])CCCCCCSSCCS(=O)(=O)O)C(=O)[O-]. The Kier molecular flexibility index (Phi) is 13.6. The third-order valence-corrected chi connectivity index (χ3v) is 7.22. The van der Waals surface area contributed by atoms with Gasteiger partial charge in [0, 0.05) is 11.5 Å². The van der Waals surface area contributed by atoms with E-state index in [1.807, 2.05) is 0 Å². The average molecular weight is 480 g/mol. The first-order valence-electron chi connectivity index (χ1n) is 8.18. The van der Waals surface area contributed by atoms with Crippen LogP contribution in [-0.4, -0.2) is 59.1 Å². The second-order valence-corrected chi connectivity index (χ2v) is 11.1. The second kappa shape index (κ2) is 13.8. The summed E-state index contributed by atoms with van der Waals surface area (Å²) in [6.07, 6.45) is 1.16. The van der Waals surface area contributed by atoms with Gasteiger partial charge in [0.15, 0.2) is 0 Å². The van der Waals surface area contributed by atoms with E-state index < -0.39 is 42.0 Å². The lowest BCUT2D eigenvalue weighted by Gasteiger charge is -2.27. The molecule has 15 heteroatoms. The number of unbranched alkanes of at least 4 members (excludes halogenated alkanes) is 3. The summed E-state index contributed by atoms with van der Waals surface area (Å²) < 4.78 is 44.3. The summed E-state index contributed by atoms with van der Waals surface area (Å²) in [5.74, 6) is -1.76. The molecule has 0 aliphatic heterocycles. The van der Waals surface area contributed by atoms with Crippen LogP contribution in [0.1, 0.15) is 39.0 Å². The molecule has 11 nitrogen and oxygen atoms in total. The van der Waals surface area contributed by atoms with Crippen LogP contribution in [0.3, 0.4) is 0 Å². The van der Waals surface area contributed by atoms with Crippen molar-refractivity contribution >= 4 is 51.4 Å². The van der Waals surface area contributed by atoms with Gasteiger partial charge in [0.25, 0.3) is 17.9 Å². The molecule has 166 valence electrons. The molecule has 0 amide bonds. The molecule has 0 aromatic heterocycles. The minimum absolute atomic E-state index is 0.0269. The first kappa shape index (κ1) is 27.7. The lowest BCUT2D eigenvalue weighted by atomic mass is 10.1. The Labute approximate surface area is 171 Å². The van der Waals surface area contributed by atoms with Crippen molar-refractivity contribution in [3.8, 4) is 0 Å². The van der Waals surface area contributed by atoms with Crippen molar-refractivity contribution in [3.63, 3.8) is 0 Å². The minimum atomic E-state index is -5.17. The lowest BCUT2D eigenvalue weighted by molar-refractivity contribution is -0.309. The number of carboxylic acids is 1. The van der Waals surface area contributed by atoms with Crippen LogP contribution in [0.5, 0.6) is 0 Å². The van der Waals surface area contributed by atoms with Crippen LogP contribution in [0.15, 0.2) is 4.99 Å². The van der Waals surface area contributed by atoms with Gasteiger partial charge in [-0.25, -0.2) is 0 Å². The van der Waals surface area contributed by atoms with Crippen molar-refractivity contribution in [2.45, 2.75) is 51.2 Å². The normalized spacial score (nSPS) is 17.1. The Morgan fingerprint density at radius 3 is 2.29 bits per heavy atom. The van der Waals surface area contributed by atoms with E-state index >= 15 is 0 Å². The Morgan fingerprint density at radius 1 is 1.18 bits per heavy atom. The molecule has 0 bridgehead atoms. The summed E-state index contributed by atoms with van der Waals surface area (Å²) in [6, 6.07) is -1.85.